The predicted octanol–water partition coefficient (Wildman–Crippen LogP) is 5.02. The van der Waals surface area contributed by atoms with Gasteiger partial charge >= 0.3 is 0 Å². The number of fused-ring (bicyclic) bond motifs is 1. The molecule has 0 atom stereocenters. The molecule has 0 radical (unpaired) electrons. The molecular formula is C21H17N3OS2. The van der Waals surface area contributed by atoms with Gasteiger partial charge in [0.25, 0.3) is 0 Å². The number of rotatable bonds is 6. The molecule has 0 saturated heterocycles. The van der Waals surface area contributed by atoms with E-state index in [1.54, 1.807) is 22.4 Å². The van der Waals surface area contributed by atoms with Crippen molar-refractivity contribution in [1.29, 1.82) is 0 Å². The van der Waals surface area contributed by atoms with E-state index in [0.29, 0.717) is 18.1 Å². The molecule has 2 aromatic carbocycles. The number of aromatic nitrogens is 2. The van der Waals surface area contributed by atoms with Gasteiger partial charge in [0, 0.05) is 6.20 Å². The molecule has 4 rings (SSSR count). The number of amides is 1. The van der Waals surface area contributed by atoms with Crippen LogP contribution in [0.15, 0.2) is 83.3 Å². The standard InChI is InChI=1S/C21H17N3OS2/c25-20(15-26-21-23-17-10-4-5-11-18(17)27-21)24(19-12-6-7-13-22-19)14-16-8-2-1-3-9-16/h1-13H,14-15H2. The summed E-state index contributed by atoms with van der Waals surface area (Å²) in [6.45, 7) is 0.497. The summed E-state index contributed by atoms with van der Waals surface area (Å²) in [5, 5.41) is 0. The number of para-hydroxylation sites is 1. The van der Waals surface area contributed by atoms with Gasteiger partial charge in [0.2, 0.25) is 5.91 Å². The average molecular weight is 392 g/mol. The topological polar surface area (TPSA) is 46.1 Å². The van der Waals surface area contributed by atoms with Gasteiger partial charge in [-0.25, -0.2) is 9.97 Å². The van der Waals surface area contributed by atoms with E-state index in [1.807, 2.05) is 66.7 Å². The quantitative estimate of drug-likeness (QED) is 0.433. The molecule has 134 valence electrons. The molecule has 0 N–H and O–H groups in total. The van der Waals surface area contributed by atoms with E-state index in [4.69, 9.17) is 0 Å². The molecule has 0 fully saturated rings. The SMILES string of the molecule is O=C(CSc1nc2ccccc2s1)N(Cc1ccccc1)c1ccccn1. The Morgan fingerprint density at radius 3 is 2.52 bits per heavy atom. The third-order valence-electron chi connectivity index (χ3n) is 4.00. The second-order valence-corrected chi connectivity index (χ2v) is 8.14. The van der Waals surface area contributed by atoms with Gasteiger partial charge in [-0.1, -0.05) is 60.3 Å². The predicted molar refractivity (Wildman–Crippen MR) is 112 cm³/mol. The summed E-state index contributed by atoms with van der Waals surface area (Å²) in [6, 6.07) is 23.6. The Morgan fingerprint density at radius 2 is 1.74 bits per heavy atom. The fourth-order valence-corrected chi connectivity index (χ4v) is 4.64. The molecule has 0 saturated carbocycles. The molecule has 2 heterocycles. The third-order valence-corrected chi connectivity index (χ3v) is 6.17. The van der Waals surface area contributed by atoms with E-state index in [2.05, 4.69) is 16.0 Å². The maximum Gasteiger partial charge on any atom is 0.238 e. The Hall–Kier alpha value is -2.70. The number of anilines is 1. The van der Waals surface area contributed by atoms with E-state index in [-0.39, 0.29) is 5.91 Å². The molecule has 4 nitrogen and oxygen atoms in total. The van der Waals surface area contributed by atoms with Gasteiger partial charge in [-0.3, -0.25) is 9.69 Å². The van der Waals surface area contributed by atoms with Crippen molar-refractivity contribution in [2.75, 3.05) is 10.7 Å². The smallest absolute Gasteiger partial charge is 0.238 e. The maximum absolute atomic E-state index is 13.0. The first kappa shape index (κ1) is 17.7. The summed E-state index contributed by atoms with van der Waals surface area (Å²) in [5.74, 6) is 1.00. The fraction of sp³-hybridized carbons (Fsp3) is 0.0952. The number of benzene rings is 2. The van der Waals surface area contributed by atoms with Gasteiger partial charge in [0.05, 0.1) is 22.5 Å². The van der Waals surface area contributed by atoms with Crippen molar-refractivity contribution >= 4 is 45.0 Å². The lowest BCUT2D eigenvalue weighted by Crippen LogP contribution is -2.32. The van der Waals surface area contributed by atoms with Crippen LogP contribution in [-0.2, 0) is 11.3 Å². The number of thioether (sulfide) groups is 1. The Balaban J connectivity index is 1.51. The zero-order chi connectivity index (χ0) is 18.5. The van der Waals surface area contributed by atoms with Crippen LogP contribution in [0.4, 0.5) is 5.82 Å². The van der Waals surface area contributed by atoms with Crippen molar-refractivity contribution in [3.05, 3.63) is 84.6 Å². The van der Waals surface area contributed by atoms with Crippen LogP contribution in [0.2, 0.25) is 0 Å². The largest absolute Gasteiger partial charge is 0.292 e. The van der Waals surface area contributed by atoms with Crippen molar-refractivity contribution < 1.29 is 4.79 Å². The van der Waals surface area contributed by atoms with Crippen LogP contribution < -0.4 is 4.90 Å². The van der Waals surface area contributed by atoms with Crippen LogP contribution in [0, 0.1) is 0 Å². The highest BCUT2D eigenvalue weighted by Gasteiger charge is 2.18. The van der Waals surface area contributed by atoms with Crippen molar-refractivity contribution in [2.24, 2.45) is 0 Å². The molecule has 0 spiro atoms. The molecule has 0 aliphatic carbocycles. The van der Waals surface area contributed by atoms with E-state index in [9.17, 15) is 4.79 Å². The van der Waals surface area contributed by atoms with Crippen LogP contribution in [0.5, 0.6) is 0 Å². The number of pyridine rings is 1. The second-order valence-electron chi connectivity index (χ2n) is 5.89. The minimum atomic E-state index is 0.0156. The lowest BCUT2D eigenvalue weighted by atomic mass is 10.2. The first-order valence-corrected chi connectivity index (χ1v) is 10.3. The fourth-order valence-electron chi connectivity index (χ4n) is 2.69. The number of hydrogen-bond donors (Lipinski definition) is 0. The lowest BCUT2D eigenvalue weighted by Gasteiger charge is -2.21. The second kappa shape index (κ2) is 8.33. The highest BCUT2D eigenvalue weighted by Crippen LogP contribution is 2.29. The minimum Gasteiger partial charge on any atom is -0.292 e. The highest BCUT2D eigenvalue weighted by atomic mass is 32.2. The normalized spacial score (nSPS) is 10.8. The molecule has 0 aliphatic heterocycles. The van der Waals surface area contributed by atoms with Crippen molar-refractivity contribution in [3.63, 3.8) is 0 Å². The highest BCUT2D eigenvalue weighted by molar-refractivity contribution is 8.01. The molecule has 0 aliphatic rings. The molecule has 2 aromatic heterocycles. The van der Waals surface area contributed by atoms with Crippen LogP contribution in [0.3, 0.4) is 0 Å². The number of hydrogen-bond acceptors (Lipinski definition) is 5. The number of carbonyl (C=O) groups excluding carboxylic acids is 1. The van der Waals surface area contributed by atoms with Gasteiger partial charge in [0.1, 0.15) is 5.82 Å². The Labute approximate surface area is 165 Å². The Morgan fingerprint density at radius 1 is 0.963 bits per heavy atom. The van der Waals surface area contributed by atoms with E-state index < -0.39 is 0 Å². The molecular weight excluding hydrogens is 374 g/mol. The number of carbonyl (C=O) groups is 1. The Bertz CT molecular complexity index is 1000. The molecule has 0 bridgehead atoms. The Kier molecular flexibility index (Phi) is 5.46. The van der Waals surface area contributed by atoms with Gasteiger partial charge < -0.3 is 0 Å². The molecule has 0 unspecified atom stereocenters. The summed E-state index contributed by atoms with van der Waals surface area (Å²) >= 11 is 3.09. The van der Waals surface area contributed by atoms with Crippen LogP contribution in [0.25, 0.3) is 10.2 Å². The summed E-state index contributed by atoms with van der Waals surface area (Å²) in [7, 11) is 0. The molecule has 6 heteroatoms. The third kappa shape index (κ3) is 4.35. The van der Waals surface area contributed by atoms with Gasteiger partial charge in [-0.2, -0.15) is 0 Å². The first-order chi connectivity index (χ1) is 13.3. The number of nitrogens with zero attached hydrogens (tertiary/aromatic N) is 3. The van der Waals surface area contributed by atoms with Crippen molar-refractivity contribution in [2.45, 2.75) is 10.9 Å². The molecule has 1 amide bonds. The van der Waals surface area contributed by atoms with E-state index in [0.717, 1.165) is 20.1 Å². The molecule has 27 heavy (non-hydrogen) atoms. The summed E-state index contributed by atoms with van der Waals surface area (Å²) in [5.41, 5.74) is 2.05. The molecule has 4 aromatic rings. The van der Waals surface area contributed by atoms with Crippen LogP contribution >= 0.6 is 23.1 Å². The summed E-state index contributed by atoms with van der Waals surface area (Å²) in [4.78, 5) is 23.7. The van der Waals surface area contributed by atoms with Crippen LogP contribution in [-0.4, -0.2) is 21.6 Å². The lowest BCUT2D eigenvalue weighted by molar-refractivity contribution is -0.116. The van der Waals surface area contributed by atoms with Gasteiger partial charge in [0.15, 0.2) is 4.34 Å². The van der Waals surface area contributed by atoms with E-state index >= 15 is 0 Å². The minimum absolute atomic E-state index is 0.0156. The van der Waals surface area contributed by atoms with Crippen molar-refractivity contribution in [3.8, 4) is 0 Å². The zero-order valence-electron chi connectivity index (χ0n) is 14.5. The number of thiazole rings is 1. The average Bonchev–Trinajstić information content (AvgIpc) is 3.15. The van der Waals surface area contributed by atoms with Crippen molar-refractivity contribution in [1.82, 2.24) is 9.97 Å². The van der Waals surface area contributed by atoms with Crippen LogP contribution in [0.1, 0.15) is 5.56 Å². The summed E-state index contributed by atoms with van der Waals surface area (Å²) in [6.07, 6.45) is 1.71. The monoisotopic (exact) mass is 391 g/mol. The van der Waals surface area contributed by atoms with E-state index in [1.165, 1.54) is 11.8 Å². The van der Waals surface area contributed by atoms with Gasteiger partial charge in [-0.05, 0) is 29.8 Å². The van der Waals surface area contributed by atoms with Gasteiger partial charge in [-0.15, -0.1) is 11.3 Å². The first-order valence-electron chi connectivity index (χ1n) is 8.53. The maximum atomic E-state index is 13.0. The zero-order valence-corrected chi connectivity index (χ0v) is 16.1. The summed E-state index contributed by atoms with van der Waals surface area (Å²) < 4.78 is 2.04.